The Hall–Kier alpha value is -1.23. The van der Waals surface area contributed by atoms with Crippen LogP contribution in [0.3, 0.4) is 0 Å². The Bertz CT molecular complexity index is 598. The number of halogens is 3. The maximum Gasteiger partial charge on any atom is 0.240 e. The van der Waals surface area contributed by atoms with Crippen LogP contribution >= 0.6 is 34.8 Å². The van der Waals surface area contributed by atoms with Crippen LogP contribution in [0.4, 0.5) is 5.82 Å². The molecule has 1 aromatic carbocycles. The molecule has 100 valence electrons. The van der Waals surface area contributed by atoms with Crippen LogP contribution < -0.4 is 5.32 Å². The van der Waals surface area contributed by atoms with Crippen LogP contribution in [-0.4, -0.2) is 21.6 Å². The molecule has 0 atom stereocenters. The number of carbonyl (C=O) groups excluding carboxylic acids is 1. The Balaban J connectivity index is 2.16. The average molecular weight is 319 g/mol. The summed E-state index contributed by atoms with van der Waals surface area (Å²) in [6.45, 7) is 0.468. The van der Waals surface area contributed by atoms with Crippen molar-refractivity contribution in [3.05, 3.63) is 46.1 Å². The lowest BCUT2D eigenvalue weighted by Gasteiger charge is -2.04. The van der Waals surface area contributed by atoms with E-state index in [9.17, 15) is 4.79 Å². The predicted molar refractivity (Wildman–Crippen MR) is 77.1 cm³/mol. The standard InChI is InChI=1S/C12H10Cl3N3O/c13-5-11(19)16-12-10(15)7-18(17-12)6-8-3-1-2-4-9(8)14/h1-4,7H,5-6H2,(H,16,17,19). The van der Waals surface area contributed by atoms with Crippen LogP contribution in [0.25, 0.3) is 0 Å². The molecule has 1 N–H and O–H groups in total. The molecule has 0 unspecified atom stereocenters. The molecule has 7 heteroatoms. The second-order valence-electron chi connectivity index (χ2n) is 3.80. The Morgan fingerprint density at radius 1 is 1.26 bits per heavy atom. The number of benzene rings is 1. The molecule has 0 aliphatic rings. The number of nitrogens with zero attached hydrogens (tertiary/aromatic N) is 2. The number of nitrogens with one attached hydrogen (secondary N) is 1. The summed E-state index contributed by atoms with van der Waals surface area (Å²) < 4.78 is 1.60. The van der Waals surface area contributed by atoms with E-state index in [0.717, 1.165) is 5.56 Å². The second kappa shape index (κ2) is 6.28. The fourth-order valence-electron chi connectivity index (χ4n) is 1.53. The van der Waals surface area contributed by atoms with Crippen molar-refractivity contribution >= 4 is 46.5 Å². The van der Waals surface area contributed by atoms with Crippen LogP contribution in [0.1, 0.15) is 5.56 Å². The first-order valence-corrected chi connectivity index (χ1v) is 6.71. The summed E-state index contributed by atoms with van der Waals surface area (Å²) in [6.07, 6.45) is 1.62. The number of aromatic nitrogens is 2. The third-order valence-corrected chi connectivity index (χ3v) is 3.27. The largest absolute Gasteiger partial charge is 0.307 e. The lowest BCUT2D eigenvalue weighted by molar-refractivity contribution is -0.113. The SMILES string of the molecule is O=C(CCl)Nc1nn(Cc2ccccc2Cl)cc1Cl. The first kappa shape index (κ1) is 14.2. The van der Waals surface area contributed by atoms with Crippen molar-refractivity contribution in [1.29, 1.82) is 0 Å². The maximum absolute atomic E-state index is 11.2. The zero-order chi connectivity index (χ0) is 13.8. The number of anilines is 1. The van der Waals surface area contributed by atoms with Gasteiger partial charge in [0.05, 0.1) is 6.54 Å². The van der Waals surface area contributed by atoms with E-state index in [4.69, 9.17) is 34.8 Å². The molecule has 0 fully saturated rings. The molecule has 0 aliphatic carbocycles. The molecule has 0 spiro atoms. The van der Waals surface area contributed by atoms with Gasteiger partial charge in [-0.2, -0.15) is 5.10 Å². The number of amides is 1. The van der Waals surface area contributed by atoms with Crippen molar-refractivity contribution in [3.63, 3.8) is 0 Å². The molecular formula is C12H10Cl3N3O. The van der Waals surface area contributed by atoms with Crippen molar-refractivity contribution in [3.8, 4) is 0 Å². The Kier molecular flexibility index (Phi) is 4.69. The zero-order valence-corrected chi connectivity index (χ0v) is 12.0. The summed E-state index contributed by atoms with van der Waals surface area (Å²) in [6, 6.07) is 7.45. The number of hydrogen-bond donors (Lipinski definition) is 1. The first-order chi connectivity index (χ1) is 9.10. The van der Waals surface area contributed by atoms with Gasteiger partial charge >= 0.3 is 0 Å². The van der Waals surface area contributed by atoms with E-state index in [1.165, 1.54) is 0 Å². The number of carbonyl (C=O) groups is 1. The van der Waals surface area contributed by atoms with E-state index in [-0.39, 0.29) is 11.8 Å². The summed E-state index contributed by atoms with van der Waals surface area (Å²) in [5.41, 5.74) is 0.915. The lowest BCUT2D eigenvalue weighted by atomic mass is 10.2. The molecule has 0 bridgehead atoms. The van der Waals surface area contributed by atoms with Crippen molar-refractivity contribution in [2.45, 2.75) is 6.54 Å². The molecule has 2 rings (SSSR count). The average Bonchev–Trinajstić information content (AvgIpc) is 2.72. The quantitative estimate of drug-likeness (QED) is 0.878. The van der Waals surface area contributed by atoms with Crippen LogP contribution in [-0.2, 0) is 11.3 Å². The minimum Gasteiger partial charge on any atom is -0.307 e. The van der Waals surface area contributed by atoms with Gasteiger partial charge in [-0.15, -0.1) is 11.6 Å². The van der Waals surface area contributed by atoms with Gasteiger partial charge in [0.2, 0.25) is 5.91 Å². The molecule has 2 aromatic rings. The first-order valence-electron chi connectivity index (χ1n) is 5.42. The van der Waals surface area contributed by atoms with E-state index >= 15 is 0 Å². The molecule has 0 radical (unpaired) electrons. The van der Waals surface area contributed by atoms with Crippen LogP contribution in [0, 0.1) is 0 Å². The number of rotatable bonds is 4. The van der Waals surface area contributed by atoms with Crippen molar-refractivity contribution in [2.75, 3.05) is 11.2 Å². The van der Waals surface area contributed by atoms with Gasteiger partial charge in [-0.25, -0.2) is 0 Å². The Morgan fingerprint density at radius 3 is 2.68 bits per heavy atom. The van der Waals surface area contributed by atoms with Gasteiger partial charge in [0.25, 0.3) is 0 Å². The molecular weight excluding hydrogens is 309 g/mol. The van der Waals surface area contributed by atoms with E-state index in [0.29, 0.717) is 22.4 Å². The number of hydrogen-bond acceptors (Lipinski definition) is 2. The summed E-state index contributed by atoms with van der Waals surface area (Å²) >= 11 is 17.4. The lowest BCUT2D eigenvalue weighted by Crippen LogP contribution is -2.13. The molecule has 0 saturated carbocycles. The Labute approximate surface area is 125 Å². The Morgan fingerprint density at radius 2 is 2.00 bits per heavy atom. The molecule has 0 aliphatic heterocycles. The highest BCUT2D eigenvalue weighted by Gasteiger charge is 2.10. The van der Waals surface area contributed by atoms with Gasteiger partial charge in [0, 0.05) is 11.2 Å². The predicted octanol–water partition coefficient (Wildman–Crippen LogP) is 3.42. The second-order valence-corrected chi connectivity index (χ2v) is 4.88. The normalized spacial score (nSPS) is 10.5. The van der Waals surface area contributed by atoms with Crippen LogP contribution in [0.5, 0.6) is 0 Å². The smallest absolute Gasteiger partial charge is 0.240 e. The topological polar surface area (TPSA) is 46.9 Å². The molecule has 4 nitrogen and oxygen atoms in total. The van der Waals surface area contributed by atoms with Gasteiger partial charge in [0.1, 0.15) is 10.9 Å². The molecule has 1 amide bonds. The zero-order valence-electron chi connectivity index (χ0n) is 9.74. The highest BCUT2D eigenvalue weighted by atomic mass is 35.5. The minimum atomic E-state index is -0.355. The fourth-order valence-corrected chi connectivity index (χ4v) is 1.99. The van der Waals surface area contributed by atoms with Crippen LogP contribution in [0.15, 0.2) is 30.5 Å². The van der Waals surface area contributed by atoms with E-state index in [1.54, 1.807) is 16.9 Å². The van der Waals surface area contributed by atoms with E-state index in [2.05, 4.69) is 10.4 Å². The minimum absolute atomic E-state index is 0.145. The summed E-state index contributed by atoms with van der Waals surface area (Å²) in [5, 5.41) is 7.69. The van der Waals surface area contributed by atoms with Gasteiger partial charge in [-0.05, 0) is 11.6 Å². The van der Waals surface area contributed by atoms with Crippen LogP contribution in [0.2, 0.25) is 10.0 Å². The monoisotopic (exact) mass is 317 g/mol. The van der Waals surface area contributed by atoms with Gasteiger partial charge in [0.15, 0.2) is 5.82 Å². The molecule has 0 saturated heterocycles. The molecule has 1 heterocycles. The fraction of sp³-hybridized carbons (Fsp3) is 0.167. The summed E-state index contributed by atoms with van der Waals surface area (Å²) in [7, 11) is 0. The van der Waals surface area contributed by atoms with Crippen molar-refractivity contribution in [1.82, 2.24) is 9.78 Å². The summed E-state index contributed by atoms with van der Waals surface area (Å²) in [4.78, 5) is 11.2. The third-order valence-electron chi connectivity index (χ3n) is 2.39. The van der Waals surface area contributed by atoms with Gasteiger partial charge in [-0.3, -0.25) is 9.48 Å². The van der Waals surface area contributed by atoms with E-state index < -0.39 is 0 Å². The maximum atomic E-state index is 11.2. The highest BCUT2D eigenvalue weighted by Crippen LogP contribution is 2.21. The van der Waals surface area contributed by atoms with Crippen molar-refractivity contribution < 1.29 is 4.79 Å². The van der Waals surface area contributed by atoms with Gasteiger partial charge < -0.3 is 5.32 Å². The molecule has 19 heavy (non-hydrogen) atoms. The van der Waals surface area contributed by atoms with Gasteiger partial charge in [-0.1, -0.05) is 41.4 Å². The molecule has 1 aromatic heterocycles. The third kappa shape index (κ3) is 3.62. The number of alkyl halides is 1. The highest BCUT2D eigenvalue weighted by molar-refractivity contribution is 6.34. The van der Waals surface area contributed by atoms with Crippen molar-refractivity contribution in [2.24, 2.45) is 0 Å². The summed E-state index contributed by atoms with van der Waals surface area (Å²) in [5.74, 6) is -0.209. The van der Waals surface area contributed by atoms with E-state index in [1.807, 2.05) is 18.2 Å².